The normalized spacial score (nSPS) is 10.4. The molecule has 186 valence electrons. The van der Waals surface area contributed by atoms with Crippen molar-refractivity contribution in [2.75, 3.05) is 0 Å². The summed E-state index contributed by atoms with van der Waals surface area (Å²) < 4.78 is 2.37. The maximum Gasteiger partial charge on any atom is 0.0541 e. The first-order chi connectivity index (χ1) is 18.2. The Morgan fingerprint density at radius 1 is 0.486 bits per heavy atom. The first-order valence-corrected chi connectivity index (χ1v) is 13.5. The van der Waals surface area contributed by atoms with Gasteiger partial charge in [-0.15, -0.1) is 0 Å². The van der Waals surface area contributed by atoms with Crippen molar-refractivity contribution in [3.8, 4) is 27.9 Å². The lowest BCUT2D eigenvalue weighted by atomic mass is 9.98. The Morgan fingerprint density at radius 3 is 1.46 bits per heavy atom. The fraction of sp³-hybridized carbons (Fsp3) is 0.167. The van der Waals surface area contributed by atoms with Gasteiger partial charge >= 0.3 is 0 Å². The van der Waals surface area contributed by atoms with Crippen LogP contribution in [-0.2, 0) is 0 Å². The summed E-state index contributed by atoms with van der Waals surface area (Å²) in [7, 11) is 0. The minimum absolute atomic E-state index is 1.18. The van der Waals surface area contributed by atoms with Crippen molar-refractivity contribution in [2.45, 2.75) is 41.0 Å². The third kappa shape index (κ3) is 5.52. The van der Waals surface area contributed by atoms with Gasteiger partial charge < -0.3 is 4.57 Å². The Morgan fingerprint density at radius 2 is 0.919 bits per heavy atom. The van der Waals surface area contributed by atoms with Gasteiger partial charge in [0.1, 0.15) is 0 Å². The summed E-state index contributed by atoms with van der Waals surface area (Å²) in [5, 5.41) is 2.57. The molecule has 1 heteroatoms. The number of para-hydroxylation sites is 2. The van der Waals surface area contributed by atoms with E-state index in [-0.39, 0.29) is 0 Å². The number of hydrogen-bond acceptors (Lipinski definition) is 0. The van der Waals surface area contributed by atoms with Gasteiger partial charge in [-0.25, -0.2) is 0 Å². The van der Waals surface area contributed by atoms with Gasteiger partial charge in [-0.2, -0.15) is 0 Å². The molecule has 0 fully saturated rings. The molecule has 0 unspecified atom stereocenters. The number of rotatable bonds is 3. The summed E-state index contributed by atoms with van der Waals surface area (Å²) in [6.45, 7) is 10.4. The van der Waals surface area contributed by atoms with Gasteiger partial charge in [0.2, 0.25) is 0 Å². The molecule has 0 aliphatic carbocycles. The molecule has 0 aliphatic rings. The monoisotopic (exact) mass is 483 g/mol. The van der Waals surface area contributed by atoms with E-state index in [1.165, 1.54) is 61.7 Å². The molecule has 0 N–H and O–H groups in total. The van der Waals surface area contributed by atoms with Crippen molar-refractivity contribution < 1.29 is 0 Å². The van der Waals surface area contributed by atoms with Gasteiger partial charge in [-0.1, -0.05) is 131 Å². The van der Waals surface area contributed by atoms with Crippen molar-refractivity contribution in [1.82, 2.24) is 4.57 Å². The van der Waals surface area contributed by atoms with E-state index in [9.17, 15) is 0 Å². The van der Waals surface area contributed by atoms with Crippen LogP contribution in [0.15, 0.2) is 121 Å². The summed E-state index contributed by atoms with van der Waals surface area (Å²) in [6.07, 6.45) is 1.25. The summed E-state index contributed by atoms with van der Waals surface area (Å²) in [6, 6.07) is 43.7. The topological polar surface area (TPSA) is 4.93 Å². The Kier molecular flexibility index (Phi) is 8.59. The van der Waals surface area contributed by atoms with Crippen LogP contribution in [0.25, 0.3) is 49.7 Å². The quantitative estimate of drug-likeness (QED) is 0.236. The average Bonchev–Trinajstić information content (AvgIpc) is 3.29. The molecule has 0 saturated carbocycles. The molecule has 0 atom stereocenters. The summed E-state index contributed by atoms with van der Waals surface area (Å²) in [5.74, 6) is 0. The first-order valence-electron chi connectivity index (χ1n) is 13.5. The second-order valence-electron chi connectivity index (χ2n) is 9.08. The van der Waals surface area contributed by atoms with Gasteiger partial charge in [-0.05, 0) is 59.5 Å². The van der Waals surface area contributed by atoms with Crippen LogP contribution in [0.3, 0.4) is 0 Å². The van der Waals surface area contributed by atoms with Crippen LogP contribution in [0.2, 0.25) is 0 Å². The summed E-state index contributed by atoms with van der Waals surface area (Å²) >= 11 is 0. The molecule has 1 heterocycles. The molecule has 37 heavy (non-hydrogen) atoms. The minimum atomic E-state index is 1.18. The number of benzene rings is 5. The molecule has 0 radical (unpaired) electrons. The third-order valence-corrected chi connectivity index (χ3v) is 6.23. The van der Waals surface area contributed by atoms with Crippen molar-refractivity contribution in [2.24, 2.45) is 0 Å². The second kappa shape index (κ2) is 12.2. The summed E-state index contributed by atoms with van der Waals surface area (Å²) in [4.78, 5) is 0. The molecule has 0 spiro atoms. The molecule has 6 aromatic rings. The molecule has 0 saturated heterocycles. The Hall–Kier alpha value is -4.10. The minimum Gasteiger partial charge on any atom is -0.309 e. The van der Waals surface area contributed by atoms with E-state index in [0.717, 1.165) is 0 Å². The van der Waals surface area contributed by atoms with Gasteiger partial charge in [0, 0.05) is 16.5 Å². The third-order valence-electron chi connectivity index (χ3n) is 6.23. The number of fused-ring (bicyclic) bond motifs is 3. The largest absolute Gasteiger partial charge is 0.309 e. The van der Waals surface area contributed by atoms with E-state index in [0.29, 0.717) is 0 Å². The zero-order valence-corrected chi connectivity index (χ0v) is 22.7. The smallest absolute Gasteiger partial charge is 0.0541 e. The van der Waals surface area contributed by atoms with Crippen molar-refractivity contribution in [3.05, 3.63) is 127 Å². The lowest BCUT2D eigenvalue weighted by Crippen LogP contribution is -1.94. The van der Waals surface area contributed by atoms with Crippen LogP contribution < -0.4 is 0 Å². The maximum absolute atomic E-state index is 2.37. The molecular formula is C36H37N. The number of nitrogens with zero attached hydrogens (tertiary/aromatic N) is 1. The van der Waals surface area contributed by atoms with Crippen molar-refractivity contribution in [3.63, 3.8) is 0 Å². The highest BCUT2D eigenvalue weighted by atomic mass is 15.0. The zero-order chi connectivity index (χ0) is 26.2. The van der Waals surface area contributed by atoms with E-state index in [4.69, 9.17) is 0 Å². The highest BCUT2D eigenvalue weighted by Crippen LogP contribution is 2.33. The van der Waals surface area contributed by atoms with Crippen LogP contribution in [0, 0.1) is 6.92 Å². The van der Waals surface area contributed by atoms with Gasteiger partial charge in [-0.3, -0.25) is 0 Å². The molecule has 0 amide bonds. The molecule has 0 bridgehead atoms. The van der Waals surface area contributed by atoms with E-state index in [1.54, 1.807) is 0 Å². The highest BCUT2D eigenvalue weighted by Gasteiger charge is 2.12. The van der Waals surface area contributed by atoms with Crippen molar-refractivity contribution in [1.29, 1.82) is 0 Å². The van der Waals surface area contributed by atoms with E-state index in [2.05, 4.69) is 147 Å². The lowest BCUT2D eigenvalue weighted by molar-refractivity contribution is 1.09. The van der Waals surface area contributed by atoms with Gasteiger partial charge in [0.15, 0.2) is 0 Å². The molecule has 1 nitrogen and oxygen atoms in total. The standard InChI is InChI=1S/C31H23N.C3H8.C2H6/c1-22-9-6-10-23(19-22)24-11-7-12-25(20-24)26-13-8-14-27(21-26)32-30-17-4-2-15-28(30)29-16-3-5-18-31(29)32;1-3-2;1-2/h2-21H,1H3;3H2,1-2H3;1-2H3. The van der Waals surface area contributed by atoms with Gasteiger partial charge in [0.05, 0.1) is 11.0 Å². The Labute approximate surface area is 222 Å². The molecule has 6 rings (SSSR count). The Balaban J connectivity index is 0.000000599. The molecule has 1 aromatic heterocycles. The zero-order valence-electron chi connectivity index (χ0n) is 22.7. The molecule has 0 aliphatic heterocycles. The number of aryl methyl sites for hydroxylation is 1. The van der Waals surface area contributed by atoms with Crippen LogP contribution >= 0.6 is 0 Å². The predicted octanol–water partition coefficient (Wildman–Crippen LogP) is 10.9. The predicted molar refractivity (Wildman–Crippen MR) is 164 cm³/mol. The summed E-state index contributed by atoms with van der Waals surface area (Å²) in [5.41, 5.74) is 9.88. The first kappa shape index (κ1) is 26.0. The lowest BCUT2D eigenvalue weighted by Gasteiger charge is -2.11. The Bertz CT molecular complexity index is 1550. The average molecular weight is 484 g/mol. The molecule has 5 aromatic carbocycles. The molecular weight excluding hydrogens is 446 g/mol. The van der Waals surface area contributed by atoms with Crippen LogP contribution in [0.4, 0.5) is 0 Å². The van der Waals surface area contributed by atoms with Crippen molar-refractivity contribution >= 4 is 21.8 Å². The van der Waals surface area contributed by atoms with E-state index < -0.39 is 0 Å². The fourth-order valence-electron chi connectivity index (χ4n) is 4.73. The van der Waals surface area contributed by atoms with Crippen LogP contribution in [0.5, 0.6) is 0 Å². The fourth-order valence-corrected chi connectivity index (χ4v) is 4.73. The van der Waals surface area contributed by atoms with Crippen LogP contribution in [-0.4, -0.2) is 4.57 Å². The SMILES string of the molecule is CC.CCC.Cc1cccc(-c2cccc(-c3cccc(-n4c5ccccc5c5ccccc54)c3)c2)c1. The number of hydrogen-bond donors (Lipinski definition) is 0. The van der Waals surface area contributed by atoms with E-state index in [1.807, 2.05) is 13.8 Å². The maximum atomic E-state index is 2.37. The van der Waals surface area contributed by atoms with Gasteiger partial charge in [0.25, 0.3) is 0 Å². The number of aromatic nitrogens is 1. The second-order valence-corrected chi connectivity index (χ2v) is 9.08. The van der Waals surface area contributed by atoms with E-state index >= 15 is 0 Å². The highest BCUT2D eigenvalue weighted by molar-refractivity contribution is 6.09. The van der Waals surface area contributed by atoms with Crippen LogP contribution in [0.1, 0.15) is 39.7 Å².